The zero-order valence-electron chi connectivity index (χ0n) is 9.11. The summed E-state index contributed by atoms with van der Waals surface area (Å²) < 4.78 is 0. The van der Waals surface area contributed by atoms with Crippen LogP contribution in [0.4, 0.5) is 0 Å². The van der Waals surface area contributed by atoms with Crippen LogP contribution in [0, 0.1) is 5.41 Å². The van der Waals surface area contributed by atoms with Crippen LogP contribution in [0.2, 0.25) is 0 Å². The van der Waals surface area contributed by atoms with E-state index in [-0.39, 0.29) is 6.61 Å². The molecule has 0 aliphatic heterocycles. The third-order valence-electron chi connectivity index (χ3n) is 2.81. The van der Waals surface area contributed by atoms with Crippen molar-refractivity contribution in [2.24, 2.45) is 0 Å². The molecule has 0 fully saturated rings. The van der Waals surface area contributed by atoms with E-state index in [1.807, 2.05) is 24.3 Å². The highest BCUT2D eigenvalue weighted by atomic mass is 16.2. The topological polar surface area (TPSA) is 44.1 Å². The minimum absolute atomic E-state index is 0.223. The number of hydrogen-bond acceptors (Lipinski definition) is 2. The molecule has 2 aromatic rings. The van der Waals surface area contributed by atoms with Crippen LogP contribution in [-0.2, 0) is 6.42 Å². The van der Waals surface area contributed by atoms with E-state index in [9.17, 15) is 0 Å². The smallest absolute Gasteiger partial charge is 0.0434 e. The van der Waals surface area contributed by atoms with Gasteiger partial charge in [0.05, 0.1) is 0 Å². The van der Waals surface area contributed by atoms with E-state index >= 15 is 0 Å². The van der Waals surface area contributed by atoms with Crippen LogP contribution in [0.5, 0.6) is 0 Å². The Morgan fingerprint density at radius 2 is 1.81 bits per heavy atom. The van der Waals surface area contributed by atoms with E-state index in [4.69, 9.17) is 10.5 Å². The molecular formula is C14H15NO. The maximum atomic E-state index is 8.86. The SMILES string of the molecule is N=Cc1ccc(CCCO)c2ccccc12. The molecule has 0 aliphatic carbocycles. The molecule has 0 aliphatic rings. The lowest BCUT2D eigenvalue weighted by Crippen LogP contribution is -1.93. The van der Waals surface area contributed by atoms with Crippen molar-refractivity contribution in [2.45, 2.75) is 12.8 Å². The minimum Gasteiger partial charge on any atom is -0.396 e. The zero-order valence-corrected chi connectivity index (χ0v) is 9.11. The van der Waals surface area contributed by atoms with Gasteiger partial charge in [0.25, 0.3) is 0 Å². The highest BCUT2D eigenvalue weighted by molar-refractivity contribution is 6.00. The second-order valence-electron chi connectivity index (χ2n) is 3.83. The molecule has 0 aromatic heterocycles. The molecule has 0 atom stereocenters. The van der Waals surface area contributed by atoms with Gasteiger partial charge in [0, 0.05) is 12.8 Å². The summed E-state index contributed by atoms with van der Waals surface area (Å²) in [5.74, 6) is 0. The summed E-state index contributed by atoms with van der Waals surface area (Å²) >= 11 is 0. The van der Waals surface area contributed by atoms with E-state index in [0.717, 1.165) is 23.8 Å². The molecule has 2 nitrogen and oxygen atoms in total. The number of fused-ring (bicyclic) bond motifs is 1. The van der Waals surface area contributed by atoms with Gasteiger partial charge in [0.1, 0.15) is 0 Å². The Morgan fingerprint density at radius 1 is 1.06 bits per heavy atom. The number of aryl methyl sites for hydroxylation is 1. The van der Waals surface area contributed by atoms with Crippen LogP contribution in [0.1, 0.15) is 17.5 Å². The fourth-order valence-electron chi connectivity index (χ4n) is 2.00. The lowest BCUT2D eigenvalue weighted by molar-refractivity contribution is 0.289. The van der Waals surface area contributed by atoms with E-state index in [1.54, 1.807) is 0 Å². The van der Waals surface area contributed by atoms with Crippen molar-refractivity contribution >= 4 is 17.0 Å². The van der Waals surface area contributed by atoms with Gasteiger partial charge in [-0.15, -0.1) is 0 Å². The van der Waals surface area contributed by atoms with Crippen molar-refractivity contribution in [3.8, 4) is 0 Å². The highest BCUT2D eigenvalue weighted by Crippen LogP contribution is 2.22. The number of hydrogen-bond donors (Lipinski definition) is 2. The van der Waals surface area contributed by atoms with Gasteiger partial charge in [0.15, 0.2) is 0 Å². The lowest BCUT2D eigenvalue weighted by atomic mass is 9.97. The van der Waals surface area contributed by atoms with Crippen LogP contribution >= 0.6 is 0 Å². The predicted octanol–water partition coefficient (Wildman–Crippen LogP) is 2.76. The molecule has 0 amide bonds. The molecule has 2 rings (SSSR count). The Kier molecular flexibility index (Phi) is 3.32. The fraction of sp³-hybridized carbons (Fsp3) is 0.214. The fourth-order valence-corrected chi connectivity index (χ4v) is 2.00. The summed E-state index contributed by atoms with van der Waals surface area (Å²) in [7, 11) is 0. The quantitative estimate of drug-likeness (QED) is 0.753. The molecule has 2 heteroatoms. The summed E-state index contributed by atoms with van der Waals surface area (Å²) in [5, 5.41) is 18.5. The first-order chi connectivity index (χ1) is 7.86. The van der Waals surface area contributed by atoms with E-state index < -0.39 is 0 Å². The Labute approximate surface area is 95.1 Å². The van der Waals surface area contributed by atoms with Crippen LogP contribution in [-0.4, -0.2) is 17.9 Å². The molecule has 0 heterocycles. The molecule has 0 spiro atoms. The Hall–Kier alpha value is -1.67. The molecular weight excluding hydrogens is 198 g/mol. The molecule has 2 aromatic carbocycles. The zero-order chi connectivity index (χ0) is 11.4. The van der Waals surface area contributed by atoms with Crippen LogP contribution in [0.3, 0.4) is 0 Å². The van der Waals surface area contributed by atoms with Gasteiger partial charge in [-0.3, -0.25) is 0 Å². The molecule has 16 heavy (non-hydrogen) atoms. The van der Waals surface area contributed by atoms with E-state index in [1.165, 1.54) is 17.2 Å². The maximum absolute atomic E-state index is 8.86. The molecule has 0 saturated heterocycles. The third kappa shape index (κ3) is 1.97. The van der Waals surface area contributed by atoms with E-state index in [2.05, 4.69) is 12.1 Å². The lowest BCUT2D eigenvalue weighted by Gasteiger charge is -2.08. The van der Waals surface area contributed by atoms with Crippen molar-refractivity contribution in [1.82, 2.24) is 0 Å². The highest BCUT2D eigenvalue weighted by Gasteiger charge is 2.03. The van der Waals surface area contributed by atoms with Crippen molar-refractivity contribution in [2.75, 3.05) is 6.61 Å². The molecule has 0 saturated carbocycles. The Balaban J connectivity index is 2.55. The van der Waals surface area contributed by atoms with Crippen molar-refractivity contribution in [3.05, 3.63) is 47.5 Å². The average Bonchev–Trinajstić information content (AvgIpc) is 2.36. The summed E-state index contributed by atoms with van der Waals surface area (Å²) in [6.07, 6.45) is 3.06. The van der Waals surface area contributed by atoms with Crippen molar-refractivity contribution < 1.29 is 5.11 Å². The molecule has 82 valence electrons. The summed E-state index contributed by atoms with van der Waals surface area (Å²) in [6, 6.07) is 12.2. The van der Waals surface area contributed by atoms with Gasteiger partial charge in [-0.05, 0) is 34.7 Å². The van der Waals surface area contributed by atoms with E-state index in [0.29, 0.717) is 0 Å². The molecule has 0 bridgehead atoms. The number of benzene rings is 2. The molecule has 2 N–H and O–H groups in total. The third-order valence-corrected chi connectivity index (χ3v) is 2.81. The minimum atomic E-state index is 0.223. The predicted molar refractivity (Wildman–Crippen MR) is 67.2 cm³/mol. The Morgan fingerprint density at radius 3 is 2.50 bits per heavy atom. The normalized spacial score (nSPS) is 10.6. The van der Waals surface area contributed by atoms with Crippen LogP contribution < -0.4 is 0 Å². The van der Waals surface area contributed by atoms with Gasteiger partial charge in [-0.25, -0.2) is 0 Å². The first-order valence-electron chi connectivity index (χ1n) is 5.49. The number of nitrogens with one attached hydrogen (secondary N) is 1. The molecule has 0 radical (unpaired) electrons. The maximum Gasteiger partial charge on any atom is 0.0434 e. The number of rotatable bonds is 4. The average molecular weight is 213 g/mol. The number of aliphatic hydroxyl groups excluding tert-OH is 1. The van der Waals surface area contributed by atoms with Crippen molar-refractivity contribution in [3.63, 3.8) is 0 Å². The van der Waals surface area contributed by atoms with Crippen LogP contribution in [0.25, 0.3) is 10.8 Å². The number of aliphatic hydroxyl groups is 1. The van der Waals surface area contributed by atoms with Gasteiger partial charge in [0.2, 0.25) is 0 Å². The van der Waals surface area contributed by atoms with Gasteiger partial charge in [-0.1, -0.05) is 36.4 Å². The van der Waals surface area contributed by atoms with Crippen molar-refractivity contribution in [1.29, 1.82) is 5.41 Å². The Bertz CT molecular complexity index is 505. The molecule has 0 unspecified atom stereocenters. The monoisotopic (exact) mass is 213 g/mol. The largest absolute Gasteiger partial charge is 0.396 e. The van der Waals surface area contributed by atoms with Crippen LogP contribution in [0.15, 0.2) is 36.4 Å². The summed E-state index contributed by atoms with van der Waals surface area (Å²) in [6.45, 7) is 0.223. The summed E-state index contributed by atoms with van der Waals surface area (Å²) in [5.41, 5.74) is 2.19. The van der Waals surface area contributed by atoms with Gasteiger partial charge < -0.3 is 10.5 Å². The first-order valence-corrected chi connectivity index (χ1v) is 5.49. The van der Waals surface area contributed by atoms with Gasteiger partial charge in [-0.2, -0.15) is 0 Å². The second kappa shape index (κ2) is 4.90. The standard InChI is InChI=1S/C14H15NO/c15-10-12-8-7-11(4-3-9-16)13-5-1-2-6-14(12)13/h1-2,5-8,10,15-16H,3-4,9H2. The first kappa shape index (κ1) is 10.8. The second-order valence-corrected chi connectivity index (χ2v) is 3.83. The van der Waals surface area contributed by atoms with Gasteiger partial charge >= 0.3 is 0 Å². The summed E-state index contributed by atoms with van der Waals surface area (Å²) in [4.78, 5) is 0.